The van der Waals surface area contributed by atoms with Crippen molar-refractivity contribution in [2.45, 2.75) is 44.6 Å². The number of hydrogen-bond donors (Lipinski definition) is 0. The van der Waals surface area contributed by atoms with Gasteiger partial charge in [0.25, 0.3) is 11.6 Å². The largest absolute Gasteiger partial charge is 0.497 e. The zero-order chi connectivity index (χ0) is 23.2. The number of nitro groups is 1. The van der Waals surface area contributed by atoms with Crippen molar-refractivity contribution in [3.63, 3.8) is 0 Å². The SMILES string of the molecule is COc1cccc(-c2noc(CCN(C(=O)c3cccc([N+](=O)[O-])c3)C3CCCCC3)n2)c1. The van der Waals surface area contributed by atoms with Gasteiger partial charge in [0.2, 0.25) is 11.7 Å². The second kappa shape index (κ2) is 10.2. The van der Waals surface area contributed by atoms with Crippen LogP contribution in [0.25, 0.3) is 11.4 Å². The maximum atomic E-state index is 13.4. The first-order valence-electron chi connectivity index (χ1n) is 11.1. The number of benzene rings is 2. The van der Waals surface area contributed by atoms with E-state index in [1.54, 1.807) is 19.2 Å². The molecule has 2 aromatic carbocycles. The molecule has 1 fully saturated rings. The first-order valence-corrected chi connectivity index (χ1v) is 11.1. The quantitative estimate of drug-likeness (QED) is 0.362. The molecule has 1 aliphatic carbocycles. The van der Waals surface area contributed by atoms with Crippen LogP contribution < -0.4 is 4.74 Å². The Morgan fingerprint density at radius 3 is 2.73 bits per heavy atom. The van der Waals surface area contributed by atoms with Gasteiger partial charge in [0, 0.05) is 42.3 Å². The summed E-state index contributed by atoms with van der Waals surface area (Å²) in [6.07, 6.45) is 5.50. The van der Waals surface area contributed by atoms with E-state index >= 15 is 0 Å². The second-order valence-corrected chi connectivity index (χ2v) is 8.09. The molecular weight excluding hydrogens is 424 g/mol. The standard InChI is InChI=1S/C24H26N4O5/c1-32-21-12-6-7-17(16-21)23-25-22(33-26-23)13-14-27(19-9-3-2-4-10-19)24(29)18-8-5-11-20(15-18)28(30)31/h5-8,11-12,15-16,19H,2-4,9-10,13-14H2,1H3. The third kappa shape index (κ3) is 5.36. The molecule has 1 saturated carbocycles. The van der Waals surface area contributed by atoms with E-state index in [0.717, 1.165) is 37.7 Å². The van der Waals surface area contributed by atoms with E-state index in [4.69, 9.17) is 9.26 Å². The summed E-state index contributed by atoms with van der Waals surface area (Å²) in [5, 5.41) is 15.2. The number of nitro benzene ring substituents is 1. The second-order valence-electron chi connectivity index (χ2n) is 8.09. The molecule has 0 N–H and O–H groups in total. The molecular formula is C24H26N4O5. The molecule has 0 saturated heterocycles. The topological polar surface area (TPSA) is 112 Å². The van der Waals surface area contributed by atoms with E-state index in [1.165, 1.54) is 12.1 Å². The Morgan fingerprint density at radius 1 is 1.18 bits per heavy atom. The third-order valence-corrected chi connectivity index (χ3v) is 5.94. The Labute approximate surface area is 191 Å². The lowest BCUT2D eigenvalue weighted by molar-refractivity contribution is -0.384. The third-order valence-electron chi connectivity index (χ3n) is 5.94. The van der Waals surface area contributed by atoms with Gasteiger partial charge < -0.3 is 14.2 Å². The summed E-state index contributed by atoms with van der Waals surface area (Å²) in [5.74, 6) is 1.38. The van der Waals surface area contributed by atoms with Crippen LogP contribution in [-0.4, -0.2) is 45.6 Å². The minimum atomic E-state index is -0.486. The Morgan fingerprint density at radius 2 is 1.97 bits per heavy atom. The van der Waals surface area contributed by atoms with Crippen LogP contribution in [0.4, 0.5) is 5.69 Å². The van der Waals surface area contributed by atoms with Crippen LogP contribution in [0.3, 0.4) is 0 Å². The maximum absolute atomic E-state index is 13.4. The number of methoxy groups -OCH3 is 1. The highest BCUT2D eigenvalue weighted by atomic mass is 16.6. The van der Waals surface area contributed by atoms with Gasteiger partial charge in [-0.1, -0.05) is 42.6 Å². The molecule has 0 radical (unpaired) electrons. The molecule has 1 aromatic heterocycles. The van der Waals surface area contributed by atoms with Gasteiger partial charge in [-0.3, -0.25) is 14.9 Å². The van der Waals surface area contributed by atoms with E-state index < -0.39 is 4.92 Å². The zero-order valence-corrected chi connectivity index (χ0v) is 18.5. The summed E-state index contributed by atoms with van der Waals surface area (Å²) in [7, 11) is 1.60. The molecule has 9 nitrogen and oxygen atoms in total. The van der Waals surface area contributed by atoms with Gasteiger partial charge in [-0.15, -0.1) is 0 Å². The number of non-ortho nitro benzene ring substituents is 1. The van der Waals surface area contributed by atoms with Gasteiger partial charge in [-0.25, -0.2) is 0 Å². The zero-order valence-electron chi connectivity index (χ0n) is 18.5. The van der Waals surface area contributed by atoms with Crippen molar-refractivity contribution in [1.82, 2.24) is 15.0 Å². The van der Waals surface area contributed by atoms with Crippen molar-refractivity contribution in [1.29, 1.82) is 0 Å². The Hall–Kier alpha value is -3.75. The summed E-state index contributed by atoms with van der Waals surface area (Å²) >= 11 is 0. The minimum absolute atomic E-state index is 0.0892. The number of amides is 1. The van der Waals surface area contributed by atoms with Crippen LogP contribution in [0.15, 0.2) is 53.1 Å². The van der Waals surface area contributed by atoms with Gasteiger partial charge in [0.15, 0.2) is 0 Å². The van der Waals surface area contributed by atoms with Crippen molar-refractivity contribution < 1.29 is 19.0 Å². The molecule has 4 rings (SSSR count). The van der Waals surface area contributed by atoms with E-state index in [-0.39, 0.29) is 17.6 Å². The number of carbonyl (C=O) groups excluding carboxylic acids is 1. The summed E-state index contributed by atoms with van der Waals surface area (Å²) < 4.78 is 10.7. The summed E-state index contributed by atoms with van der Waals surface area (Å²) in [6.45, 7) is 0.395. The van der Waals surface area contributed by atoms with Crippen molar-refractivity contribution in [3.8, 4) is 17.1 Å². The molecule has 0 unspecified atom stereocenters. The van der Waals surface area contributed by atoms with Gasteiger partial charge >= 0.3 is 0 Å². The number of aromatic nitrogens is 2. The fourth-order valence-corrected chi connectivity index (χ4v) is 4.21. The number of carbonyl (C=O) groups is 1. The average molecular weight is 450 g/mol. The normalized spacial score (nSPS) is 14.1. The van der Waals surface area contributed by atoms with Gasteiger partial charge in [0.1, 0.15) is 5.75 Å². The fraction of sp³-hybridized carbons (Fsp3) is 0.375. The Bertz CT molecular complexity index is 1120. The molecule has 1 heterocycles. The van der Waals surface area contributed by atoms with Gasteiger partial charge in [0.05, 0.1) is 12.0 Å². The van der Waals surface area contributed by atoms with Crippen LogP contribution in [0, 0.1) is 10.1 Å². The van der Waals surface area contributed by atoms with E-state index in [0.29, 0.717) is 36.0 Å². The lowest BCUT2D eigenvalue weighted by Gasteiger charge is -2.34. The molecule has 0 aliphatic heterocycles. The summed E-state index contributed by atoms with van der Waals surface area (Å²) in [5.41, 5.74) is 1.00. The lowest BCUT2D eigenvalue weighted by Crippen LogP contribution is -2.42. The van der Waals surface area contributed by atoms with Crippen LogP contribution in [0.1, 0.15) is 48.4 Å². The van der Waals surface area contributed by atoms with Crippen molar-refractivity contribution in [2.24, 2.45) is 0 Å². The molecule has 0 bridgehead atoms. The van der Waals surface area contributed by atoms with Crippen molar-refractivity contribution in [3.05, 3.63) is 70.1 Å². The molecule has 0 spiro atoms. The molecule has 1 amide bonds. The highest BCUT2D eigenvalue weighted by molar-refractivity contribution is 5.95. The lowest BCUT2D eigenvalue weighted by atomic mass is 9.93. The molecule has 3 aromatic rings. The first-order chi connectivity index (χ1) is 16.0. The molecule has 172 valence electrons. The fourth-order valence-electron chi connectivity index (χ4n) is 4.21. The Balaban J connectivity index is 1.51. The van der Waals surface area contributed by atoms with Crippen LogP contribution in [0.2, 0.25) is 0 Å². The van der Waals surface area contributed by atoms with Crippen molar-refractivity contribution >= 4 is 11.6 Å². The molecule has 0 atom stereocenters. The highest BCUT2D eigenvalue weighted by Crippen LogP contribution is 2.26. The van der Waals surface area contributed by atoms with Gasteiger partial charge in [-0.05, 0) is 31.0 Å². The Kier molecular flexibility index (Phi) is 6.97. The van der Waals surface area contributed by atoms with Crippen molar-refractivity contribution in [2.75, 3.05) is 13.7 Å². The predicted molar refractivity (Wildman–Crippen MR) is 121 cm³/mol. The first kappa shape index (κ1) is 22.4. The average Bonchev–Trinajstić information content (AvgIpc) is 3.34. The van der Waals surface area contributed by atoms with E-state index in [9.17, 15) is 14.9 Å². The predicted octanol–water partition coefficient (Wildman–Crippen LogP) is 4.67. The molecule has 33 heavy (non-hydrogen) atoms. The molecule has 9 heteroatoms. The van der Waals surface area contributed by atoms with Crippen LogP contribution in [-0.2, 0) is 6.42 Å². The number of rotatable bonds is 8. The number of hydrogen-bond acceptors (Lipinski definition) is 7. The highest BCUT2D eigenvalue weighted by Gasteiger charge is 2.27. The monoisotopic (exact) mass is 450 g/mol. The van der Waals surface area contributed by atoms with E-state index in [1.807, 2.05) is 29.2 Å². The van der Waals surface area contributed by atoms with E-state index in [2.05, 4.69) is 10.1 Å². The molecule has 1 aliphatic rings. The summed E-state index contributed by atoms with van der Waals surface area (Å²) in [6, 6.07) is 13.4. The number of nitrogens with zero attached hydrogens (tertiary/aromatic N) is 4. The summed E-state index contributed by atoms with van der Waals surface area (Å²) in [4.78, 5) is 30.3. The smallest absolute Gasteiger partial charge is 0.270 e. The van der Waals surface area contributed by atoms with Gasteiger partial charge in [-0.2, -0.15) is 4.98 Å². The van der Waals surface area contributed by atoms with Crippen LogP contribution in [0.5, 0.6) is 5.75 Å². The number of ether oxygens (including phenoxy) is 1. The van der Waals surface area contributed by atoms with Crippen LogP contribution >= 0.6 is 0 Å². The maximum Gasteiger partial charge on any atom is 0.270 e. The minimum Gasteiger partial charge on any atom is -0.497 e.